The fraction of sp³-hybridized carbons (Fsp3) is 0.316. The van der Waals surface area contributed by atoms with Gasteiger partial charge in [0.05, 0.1) is 24.0 Å². The van der Waals surface area contributed by atoms with Crippen LogP contribution in [0.4, 0.5) is 0 Å². The number of hydrogen-bond acceptors (Lipinski definition) is 7. The molecular formula is C19H23N3O7S2. The predicted octanol–water partition coefficient (Wildman–Crippen LogP) is 1.11. The molecule has 1 heterocycles. The summed E-state index contributed by atoms with van der Waals surface area (Å²) in [5.74, 6) is -0.00155. The lowest BCUT2D eigenvalue weighted by Gasteiger charge is -2.15. The lowest BCUT2D eigenvalue weighted by Crippen LogP contribution is -2.41. The first-order chi connectivity index (χ1) is 14.7. The Kier molecular flexibility index (Phi) is 6.84. The third-order valence-corrected chi connectivity index (χ3v) is 7.93. The van der Waals surface area contributed by atoms with E-state index in [0.29, 0.717) is 24.6 Å². The van der Waals surface area contributed by atoms with Crippen LogP contribution in [-0.4, -0.2) is 54.4 Å². The maximum atomic E-state index is 12.6. The van der Waals surface area contributed by atoms with E-state index in [9.17, 15) is 21.6 Å². The van der Waals surface area contributed by atoms with E-state index in [1.807, 2.05) is 4.83 Å². The molecule has 2 N–H and O–H groups in total. The number of ether oxygens (including phenoxy) is 2. The fourth-order valence-electron chi connectivity index (χ4n) is 3.05. The third kappa shape index (κ3) is 5.15. The molecule has 31 heavy (non-hydrogen) atoms. The summed E-state index contributed by atoms with van der Waals surface area (Å²) >= 11 is 0. The van der Waals surface area contributed by atoms with Crippen LogP contribution in [0.2, 0.25) is 0 Å². The van der Waals surface area contributed by atoms with Crippen molar-refractivity contribution in [2.45, 2.75) is 22.6 Å². The molecule has 1 fully saturated rings. The smallest absolute Gasteiger partial charge is 0.266 e. The highest BCUT2D eigenvalue weighted by atomic mass is 32.2. The number of benzene rings is 2. The average Bonchev–Trinajstić information content (AvgIpc) is 3.33. The molecule has 168 valence electrons. The number of sulfonamides is 2. The van der Waals surface area contributed by atoms with Gasteiger partial charge in [-0.3, -0.25) is 10.2 Å². The van der Waals surface area contributed by atoms with Crippen LogP contribution in [0.1, 0.15) is 23.2 Å². The summed E-state index contributed by atoms with van der Waals surface area (Å²) in [6.45, 7) is 0.899. The molecule has 0 saturated carbocycles. The SMILES string of the molecule is COc1cc(OC)cc(C(=O)NNS(=O)(=O)c2ccc(S(=O)(=O)N3CCCC3)cc2)c1. The summed E-state index contributed by atoms with van der Waals surface area (Å²) in [4.78, 5) is 14.2. The van der Waals surface area contributed by atoms with Crippen molar-refractivity contribution < 1.29 is 31.1 Å². The van der Waals surface area contributed by atoms with Gasteiger partial charge in [0, 0.05) is 24.7 Å². The second kappa shape index (κ2) is 9.22. The van der Waals surface area contributed by atoms with Gasteiger partial charge in [-0.1, -0.05) is 0 Å². The van der Waals surface area contributed by atoms with E-state index in [0.717, 1.165) is 12.8 Å². The minimum atomic E-state index is -4.13. The number of methoxy groups -OCH3 is 2. The van der Waals surface area contributed by atoms with E-state index in [1.54, 1.807) is 6.07 Å². The molecule has 0 spiro atoms. The molecule has 1 amide bonds. The molecule has 1 aliphatic rings. The lowest BCUT2D eigenvalue weighted by atomic mass is 10.2. The Morgan fingerprint density at radius 3 is 1.90 bits per heavy atom. The zero-order valence-corrected chi connectivity index (χ0v) is 18.6. The number of carbonyl (C=O) groups is 1. The Bertz CT molecular complexity index is 1140. The molecule has 1 saturated heterocycles. The summed E-state index contributed by atoms with van der Waals surface area (Å²) in [6.07, 6.45) is 1.60. The van der Waals surface area contributed by atoms with Gasteiger partial charge in [-0.25, -0.2) is 16.8 Å². The van der Waals surface area contributed by atoms with Crippen LogP contribution < -0.4 is 19.7 Å². The van der Waals surface area contributed by atoms with Gasteiger partial charge in [-0.2, -0.15) is 4.31 Å². The van der Waals surface area contributed by atoms with Crippen LogP contribution in [0.3, 0.4) is 0 Å². The van der Waals surface area contributed by atoms with Gasteiger partial charge in [0.25, 0.3) is 15.9 Å². The van der Waals surface area contributed by atoms with Gasteiger partial charge in [0.15, 0.2) is 0 Å². The molecule has 0 atom stereocenters. The Hall–Kier alpha value is -2.67. The van der Waals surface area contributed by atoms with Crippen LogP contribution in [0.5, 0.6) is 11.5 Å². The standard InChI is InChI=1S/C19H23N3O7S2/c1-28-15-11-14(12-16(13-15)29-2)19(23)20-21-30(24,25)17-5-7-18(8-6-17)31(26,27)22-9-3-4-10-22/h5-8,11-13,21H,3-4,9-10H2,1-2H3,(H,20,23). The van der Waals surface area contributed by atoms with Crippen molar-refractivity contribution in [2.75, 3.05) is 27.3 Å². The molecule has 1 aliphatic heterocycles. The Balaban J connectivity index is 1.72. The van der Waals surface area contributed by atoms with Crippen molar-refractivity contribution in [3.8, 4) is 11.5 Å². The topological polar surface area (TPSA) is 131 Å². The van der Waals surface area contributed by atoms with E-state index in [4.69, 9.17) is 9.47 Å². The quantitative estimate of drug-likeness (QED) is 0.554. The number of carbonyl (C=O) groups excluding carboxylic acids is 1. The Labute approximate surface area is 181 Å². The summed E-state index contributed by atoms with van der Waals surface area (Å²) < 4.78 is 61.6. The fourth-order valence-corrected chi connectivity index (χ4v) is 5.41. The highest BCUT2D eigenvalue weighted by molar-refractivity contribution is 7.89. The van der Waals surface area contributed by atoms with Crippen molar-refractivity contribution >= 4 is 26.0 Å². The number of nitrogens with one attached hydrogen (secondary N) is 2. The van der Waals surface area contributed by atoms with Crippen molar-refractivity contribution in [1.82, 2.24) is 14.6 Å². The van der Waals surface area contributed by atoms with Crippen LogP contribution in [-0.2, 0) is 20.0 Å². The molecule has 10 nitrogen and oxygen atoms in total. The van der Waals surface area contributed by atoms with E-state index in [-0.39, 0.29) is 15.4 Å². The first-order valence-corrected chi connectivity index (χ1v) is 12.2. The lowest BCUT2D eigenvalue weighted by molar-refractivity contribution is 0.0944. The molecule has 0 aromatic heterocycles. The van der Waals surface area contributed by atoms with E-state index < -0.39 is 26.0 Å². The molecule has 0 bridgehead atoms. The molecule has 2 aromatic carbocycles. The highest BCUT2D eigenvalue weighted by Gasteiger charge is 2.27. The molecular weight excluding hydrogens is 446 g/mol. The molecule has 12 heteroatoms. The van der Waals surface area contributed by atoms with Gasteiger partial charge in [-0.15, -0.1) is 4.83 Å². The molecule has 0 unspecified atom stereocenters. The summed E-state index contributed by atoms with van der Waals surface area (Å²) in [5.41, 5.74) is 2.23. The molecule has 0 radical (unpaired) electrons. The maximum absolute atomic E-state index is 12.6. The van der Waals surface area contributed by atoms with Gasteiger partial charge in [0.1, 0.15) is 11.5 Å². The number of hydrazine groups is 1. The van der Waals surface area contributed by atoms with E-state index in [1.165, 1.54) is 54.9 Å². The Morgan fingerprint density at radius 1 is 0.871 bits per heavy atom. The monoisotopic (exact) mass is 469 g/mol. The first kappa shape index (κ1) is 23.0. The number of amides is 1. The number of nitrogens with zero attached hydrogens (tertiary/aromatic N) is 1. The highest BCUT2D eigenvalue weighted by Crippen LogP contribution is 2.23. The summed E-state index contributed by atoms with van der Waals surface area (Å²) in [7, 11) is -4.93. The second-order valence-corrected chi connectivity index (χ2v) is 10.4. The maximum Gasteiger partial charge on any atom is 0.266 e. The average molecular weight is 470 g/mol. The number of hydrogen-bond donors (Lipinski definition) is 2. The van der Waals surface area contributed by atoms with Crippen LogP contribution in [0.25, 0.3) is 0 Å². The van der Waals surface area contributed by atoms with E-state index >= 15 is 0 Å². The largest absolute Gasteiger partial charge is 0.497 e. The van der Waals surface area contributed by atoms with Crippen LogP contribution in [0, 0.1) is 0 Å². The zero-order chi connectivity index (χ0) is 22.6. The molecule has 0 aliphatic carbocycles. The van der Waals surface area contributed by atoms with Gasteiger partial charge < -0.3 is 9.47 Å². The Morgan fingerprint density at radius 2 is 1.39 bits per heavy atom. The molecule has 2 aromatic rings. The van der Waals surface area contributed by atoms with E-state index in [2.05, 4.69) is 5.43 Å². The summed E-state index contributed by atoms with van der Waals surface area (Å²) in [6, 6.07) is 9.22. The minimum Gasteiger partial charge on any atom is -0.497 e. The van der Waals surface area contributed by atoms with Gasteiger partial charge in [0.2, 0.25) is 10.0 Å². The van der Waals surface area contributed by atoms with Gasteiger partial charge >= 0.3 is 0 Å². The van der Waals surface area contributed by atoms with Crippen LogP contribution >= 0.6 is 0 Å². The van der Waals surface area contributed by atoms with Crippen molar-refractivity contribution in [2.24, 2.45) is 0 Å². The first-order valence-electron chi connectivity index (χ1n) is 9.33. The predicted molar refractivity (Wildman–Crippen MR) is 112 cm³/mol. The molecule has 3 rings (SSSR count). The zero-order valence-electron chi connectivity index (χ0n) is 17.0. The number of rotatable bonds is 8. The normalized spacial score (nSPS) is 14.9. The minimum absolute atomic E-state index is 0.0147. The van der Waals surface area contributed by atoms with Crippen molar-refractivity contribution in [1.29, 1.82) is 0 Å². The van der Waals surface area contributed by atoms with Crippen LogP contribution in [0.15, 0.2) is 52.3 Å². The van der Waals surface area contributed by atoms with Gasteiger partial charge in [-0.05, 0) is 49.2 Å². The second-order valence-electron chi connectivity index (χ2n) is 6.74. The summed E-state index contributed by atoms with van der Waals surface area (Å²) in [5, 5.41) is 0. The third-order valence-electron chi connectivity index (χ3n) is 4.75. The van der Waals surface area contributed by atoms with Crippen molar-refractivity contribution in [3.05, 3.63) is 48.0 Å². The van der Waals surface area contributed by atoms with Crippen molar-refractivity contribution in [3.63, 3.8) is 0 Å².